The Bertz CT molecular complexity index is 2730. The Kier molecular flexibility index (Phi) is 12.9. The lowest BCUT2D eigenvalue weighted by Crippen LogP contribution is -2.26. The lowest BCUT2D eigenvalue weighted by molar-refractivity contribution is -0.0439. The molecule has 2 aromatic carbocycles. The molecule has 7 rings (SSSR count). The average Bonchev–Trinajstić information content (AvgIpc) is 3.80. The summed E-state index contributed by atoms with van der Waals surface area (Å²) in [5, 5.41) is 33.1. The molecule has 1 aliphatic carbocycles. The number of benzene rings is 3. The van der Waals surface area contributed by atoms with Gasteiger partial charge in [0.2, 0.25) is 5.43 Å². The van der Waals surface area contributed by atoms with E-state index in [0.29, 0.717) is 36.8 Å². The monoisotopic (exact) mass is 924 g/mol. The van der Waals surface area contributed by atoms with E-state index in [1.165, 1.54) is 30.9 Å². The number of carboxylic acids is 1. The molecule has 4 aromatic rings. The van der Waals surface area contributed by atoms with Gasteiger partial charge in [0.1, 0.15) is 41.3 Å². The topological polar surface area (TPSA) is 272 Å². The zero-order chi connectivity index (χ0) is 43.0. The second-order valence-corrected chi connectivity index (χ2v) is 16.7. The number of amides is 1. The highest BCUT2D eigenvalue weighted by Gasteiger charge is 2.38. The number of hydrogen-bond donors (Lipinski definition) is 6. The number of nitrogens with two attached hydrogens (primary N) is 1. The first kappa shape index (κ1) is 43.5. The summed E-state index contributed by atoms with van der Waals surface area (Å²) in [7, 11) is -4.50. The van der Waals surface area contributed by atoms with E-state index in [1.54, 1.807) is 4.57 Å². The number of anilines is 1. The van der Waals surface area contributed by atoms with Crippen molar-refractivity contribution < 1.29 is 52.6 Å². The van der Waals surface area contributed by atoms with Crippen LogP contribution in [0.25, 0.3) is 44.6 Å². The number of halogens is 4. The molecule has 4 heterocycles. The van der Waals surface area contributed by atoms with E-state index in [2.05, 4.69) is 20.3 Å². The van der Waals surface area contributed by atoms with Gasteiger partial charge >= 0.3 is 13.8 Å². The van der Waals surface area contributed by atoms with E-state index in [-0.39, 0.29) is 90.2 Å². The van der Waals surface area contributed by atoms with Crippen molar-refractivity contribution in [2.75, 3.05) is 25.5 Å². The van der Waals surface area contributed by atoms with Crippen LogP contribution in [0.3, 0.4) is 0 Å². The summed E-state index contributed by atoms with van der Waals surface area (Å²) in [5.41, 5.74) is 5.46. The van der Waals surface area contributed by atoms with Crippen LogP contribution in [0.15, 0.2) is 52.2 Å². The molecule has 4 atom stereocenters. The molecule has 18 nitrogen and oxygen atoms in total. The fraction of sp³-hybridized carbons (Fsp3) is 0.297. The fourth-order valence-corrected chi connectivity index (χ4v) is 8.50. The van der Waals surface area contributed by atoms with Crippen molar-refractivity contribution in [3.05, 3.63) is 84.4 Å². The van der Waals surface area contributed by atoms with Crippen LogP contribution in [0.1, 0.15) is 59.0 Å². The van der Waals surface area contributed by atoms with Crippen molar-refractivity contribution in [3.63, 3.8) is 0 Å². The fourth-order valence-electron chi connectivity index (χ4n) is 6.78. The molecule has 3 aliphatic rings. The number of aromatic carboxylic acids is 1. The average molecular weight is 926 g/mol. The van der Waals surface area contributed by atoms with E-state index in [4.69, 9.17) is 70.3 Å². The van der Waals surface area contributed by atoms with Crippen LogP contribution in [0.2, 0.25) is 20.1 Å². The number of nitrogens with zero attached hydrogens (tertiary/aromatic N) is 4. The van der Waals surface area contributed by atoms with Crippen LogP contribution < -0.4 is 16.5 Å². The number of carboxylic acid groups (broad SMARTS) is 1. The number of aliphatic hydroxyl groups excluding tert-OH is 1. The minimum atomic E-state index is -4.50. The normalized spacial score (nSPS) is 17.7. The molecule has 0 saturated carbocycles. The van der Waals surface area contributed by atoms with Gasteiger partial charge in [-0.3, -0.25) is 23.2 Å². The number of carbonyl (C=O) groups excluding carboxylic acids is 1. The number of imidazole rings is 1. The number of phenolic OH excluding ortho intramolecular Hbond substituents is 1. The van der Waals surface area contributed by atoms with Crippen LogP contribution in [-0.2, 0) is 18.3 Å². The van der Waals surface area contributed by atoms with Gasteiger partial charge in [0.05, 0.1) is 56.9 Å². The number of unbranched alkanes of at least 4 members (excludes halogenated alkanes) is 3. The van der Waals surface area contributed by atoms with Crippen molar-refractivity contribution in [2.24, 2.45) is 0 Å². The maximum atomic E-state index is 13.5. The van der Waals surface area contributed by atoms with Crippen molar-refractivity contribution >= 4 is 94.1 Å². The van der Waals surface area contributed by atoms with Gasteiger partial charge in [-0.2, -0.15) is 0 Å². The highest BCUT2D eigenvalue weighted by Crippen LogP contribution is 2.49. The minimum absolute atomic E-state index is 0.00954. The number of phosphoric acid groups is 1. The Morgan fingerprint density at radius 1 is 0.983 bits per heavy atom. The van der Waals surface area contributed by atoms with Crippen LogP contribution in [0, 0.1) is 0 Å². The third kappa shape index (κ3) is 8.90. The smallest absolute Gasteiger partial charge is 0.472 e. The molecule has 1 amide bonds. The summed E-state index contributed by atoms with van der Waals surface area (Å²) in [4.78, 5) is 61.1. The molecule has 1 fully saturated rings. The van der Waals surface area contributed by atoms with Gasteiger partial charge < -0.3 is 40.4 Å². The van der Waals surface area contributed by atoms with Crippen LogP contribution in [0.5, 0.6) is 5.75 Å². The molecule has 60 heavy (non-hydrogen) atoms. The third-order valence-electron chi connectivity index (χ3n) is 9.68. The van der Waals surface area contributed by atoms with Gasteiger partial charge in [-0.05, 0) is 31.0 Å². The summed E-state index contributed by atoms with van der Waals surface area (Å²) >= 11 is 25.8. The minimum Gasteiger partial charge on any atom is -0.506 e. The number of carbonyl (C=O) groups is 2. The summed E-state index contributed by atoms with van der Waals surface area (Å²) in [6.45, 7) is -0.374. The number of phosphoric ester groups is 1. The summed E-state index contributed by atoms with van der Waals surface area (Å²) < 4.78 is 36.0. The van der Waals surface area contributed by atoms with Crippen molar-refractivity contribution in [3.8, 4) is 28.2 Å². The van der Waals surface area contributed by atoms with Gasteiger partial charge in [0.25, 0.3) is 5.91 Å². The predicted octanol–water partition coefficient (Wildman–Crippen LogP) is 7.08. The maximum absolute atomic E-state index is 13.5. The number of nitrogen functional groups attached to an aromatic ring is 1. The molecule has 2 aromatic heterocycles. The Morgan fingerprint density at radius 2 is 1.75 bits per heavy atom. The molecular formula is C37H33Cl4N6O12P. The lowest BCUT2D eigenvalue weighted by Gasteiger charge is -2.20. The van der Waals surface area contributed by atoms with Crippen LogP contribution in [0.4, 0.5) is 5.82 Å². The highest BCUT2D eigenvalue weighted by molar-refractivity contribution is 7.47. The number of nitrogens with one attached hydrogen (secondary N) is 1. The Morgan fingerprint density at radius 3 is 2.52 bits per heavy atom. The van der Waals surface area contributed by atoms with E-state index < -0.39 is 55.7 Å². The first-order valence-corrected chi connectivity index (χ1v) is 21.1. The lowest BCUT2D eigenvalue weighted by atomic mass is 9.89. The summed E-state index contributed by atoms with van der Waals surface area (Å²) in [5.74, 6) is -2.35. The van der Waals surface area contributed by atoms with Gasteiger partial charge in [-0.1, -0.05) is 59.2 Å². The molecule has 1 saturated heterocycles. The van der Waals surface area contributed by atoms with Crippen molar-refractivity contribution in [1.82, 2.24) is 24.8 Å². The van der Waals surface area contributed by atoms with Gasteiger partial charge in [0, 0.05) is 47.2 Å². The van der Waals surface area contributed by atoms with Gasteiger partial charge in [-0.25, -0.2) is 24.3 Å². The first-order valence-electron chi connectivity index (χ1n) is 18.1. The Hall–Kier alpha value is -4.59. The number of ether oxygens (including phenoxy) is 1. The quantitative estimate of drug-likeness (QED) is 0.0341. The molecule has 23 heteroatoms. The zero-order valence-corrected chi connectivity index (χ0v) is 34.7. The number of fused-ring (bicyclic) bond motifs is 3. The van der Waals surface area contributed by atoms with E-state index in [1.807, 2.05) is 0 Å². The van der Waals surface area contributed by atoms with Crippen molar-refractivity contribution in [1.29, 1.82) is 0 Å². The molecule has 7 N–H and O–H groups in total. The second kappa shape index (κ2) is 17.8. The molecule has 2 aliphatic heterocycles. The SMILES string of the molecule is Nc1ncnc2c1ncn2[C@H]1C[C@@H](O)[C@@H](COP(=O)(O)OCCCCCCNC(=O)c2cc(Cl)c(C(=O)O)c(-c3c4cc(Cl)c(=O)cc-4oc4cc(O)c(Cl)cc34)c2Cl)O1. The van der Waals surface area contributed by atoms with Gasteiger partial charge in [-0.15, -0.1) is 0 Å². The molecular weight excluding hydrogens is 893 g/mol. The van der Waals surface area contributed by atoms with Crippen LogP contribution >= 0.6 is 54.2 Å². The molecule has 0 radical (unpaired) electrons. The van der Waals surface area contributed by atoms with E-state index in [0.717, 1.165) is 12.1 Å². The first-order chi connectivity index (χ1) is 28.5. The number of phenols is 1. The number of aliphatic hydroxyl groups is 1. The van der Waals surface area contributed by atoms with Crippen molar-refractivity contribution in [2.45, 2.75) is 50.5 Å². The van der Waals surface area contributed by atoms with E-state index >= 15 is 0 Å². The molecule has 0 bridgehead atoms. The summed E-state index contributed by atoms with van der Waals surface area (Å²) in [6, 6.07) is 5.98. The number of hydrogen-bond acceptors (Lipinski definition) is 14. The summed E-state index contributed by atoms with van der Waals surface area (Å²) in [6.07, 6.45) is 2.20. The maximum Gasteiger partial charge on any atom is 0.472 e. The molecule has 316 valence electrons. The third-order valence-corrected chi connectivity index (χ3v) is 12.0. The Labute approximate surface area is 358 Å². The molecule has 0 spiro atoms. The standard InChI is InChI=1S/C37H33Cl4N6O12P/c38-19-7-16-25(10-22(19)48)58-26-11-23(49)20(39)8-17(26)29(16)31-30(37(52)53)21(40)9-18(32(31)41)36(51)43-5-3-1-2-4-6-56-60(54,55)57-13-27-24(50)12-28(59-27)47-15-46-33-34(42)44-14-45-35(33)47/h7-11,14-15,24,27-28,48,50H,1-6,12-13H2,(H,43,51)(H,52,53)(H,54,55)(H2,42,44,45)/t24-,27-,28-/m1/s1. The largest absolute Gasteiger partial charge is 0.506 e. The van der Waals surface area contributed by atoms with E-state index in [9.17, 15) is 39.2 Å². The predicted molar refractivity (Wildman–Crippen MR) is 220 cm³/mol. The van der Waals surface area contributed by atoms with Gasteiger partial charge in [0.15, 0.2) is 11.5 Å². The Balaban J connectivity index is 0.939. The second-order valence-electron chi connectivity index (χ2n) is 13.6. The van der Waals surface area contributed by atoms with Crippen LogP contribution in [-0.4, -0.2) is 83.6 Å². The number of aromatic hydroxyl groups is 1. The number of aromatic nitrogens is 4. The molecule has 1 unspecified atom stereocenters. The zero-order valence-electron chi connectivity index (χ0n) is 30.8. The highest BCUT2D eigenvalue weighted by atomic mass is 35.5. The number of rotatable bonds is 15.